The number of hydrogen-bond donors (Lipinski definition) is 1. The Morgan fingerprint density at radius 1 is 1.28 bits per heavy atom. The van der Waals surface area contributed by atoms with Crippen molar-refractivity contribution in [1.82, 2.24) is 0 Å². The lowest BCUT2D eigenvalue weighted by Gasteiger charge is -2.07. The summed E-state index contributed by atoms with van der Waals surface area (Å²) in [6.07, 6.45) is 1.46. The Kier molecular flexibility index (Phi) is 3.14. The molecule has 18 heavy (non-hydrogen) atoms. The minimum absolute atomic E-state index is 0.0947. The van der Waals surface area contributed by atoms with E-state index in [4.69, 9.17) is 14.3 Å². The quantitative estimate of drug-likeness (QED) is 0.665. The molecular weight excluding hydrogens is 236 g/mol. The molecule has 0 unspecified atom stereocenters. The molecule has 0 saturated carbocycles. The molecule has 0 aliphatic carbocycles. The van der Waals surface area contributed by atoms with Crippen molar-refractivity contribution < 1.29 is 23.8 Å². The first-order valence-corrected chi connectivity index (χ1v) is 5.17. The van der Waals surface area contributed by atoms with E-state index in [0.717, 1.165) is 0 Å². The van der Waals surface area contributed by atoms with Crippen molar-refractivity contribution in [2.45, 2.75) is 6.92 Å². The van der Waals surface area contributed by atoms with Crippen molar-refractivity contribution in [3.63, 3.8) is 0 Å². The van der Waals surface area contributed by atoms with Gasteiger partial charge in [0.05, 0.1) is 17.4 Å². The highest BCUT2D eigenvalue weighted by Crippen LogP contribution is 2.31. The Bertz CT molecular complexity index is 583. The number of hydrogen-bond acceptors (Lipinski definition) is 4. The van der Waals surface area contributed by atoms with Gasteiger partial charge in [-0.05, 0) is 30.3 Å². The van der Waals surface area contributed by atoms with Gasteiger partial charge in [-0.1, -0.05) is 0 Å². The van der Waals surface area contributed by atoms with Crippen LogP contribution in [-0.4, -0.2) is 17.0 Å². The van der Waals surface area contributed by atoms with Gasteiger partial charge in [0, 0.05) is 6.92 Å². The Balaban J connectivity index is 2.53. The number of carbonyl (C=O) groups excluding carboxylic acids is 1. The number of carboxylic acid groups (broad SMARTS) is 1. The fourth-order valence-corrected chi connectivity index (χ4v) is 1.53. The molecule has 92 valence electrons. The van der Waals surface area contributed by atoms with Gasteiger partial charge in [0.1, 0.15) is 11.5 Å². The maximum absolute atomic E-state index is 11.0. The summed E-state index contributed by atoms with van der Waals surface area (Å²) in [7, 11) is 0. The first-order valence-electron chi connectivity index (χ1n) is 5.17. The van der Waals surface area contributed by atoms with E-state index in [-0.39, 0.29) is 11.3 Å². The molecule has 2 rings (SSSR count). The number of aromatic carboxylic acids is 1. The largest absolute Gasteiger partial charge is 0.478 e. The summed E-state index contributed by atoms with van der Waals surface area (Å²) in [5.74, 6) is -0.833. The summed E-state index contributed by atoms with van der Waals surface area (Å²) in [6, 6.07) is 7.53. The number of carbonyl (C=O) groups is 2. The molecule has 0 radical (unpaired) electrons. The Hall–Kier alpha value is -2.56. The molecule has 0 spiro atoms. The van der Waals surface area contributed by atoms with Crippen LogP contribution in [0.5, 0.6) is 5.75 Å². The van der Waals surface area contributed by atoms with Gasteiger partial charge in [-0.3, -0.25) is 4.79 Å². The van der Waals surface area contributed by atoms with Crippen LogP contribution < -0.4 is 4.74 Å². The average Bonchev–Trinajstić information content (AvgIpc) is 2.81. The van der Waals surface area contributed by atoms with E-state index in [1.54, 1.807) is 12.1 Å². The van der Waals surface area contributed by atoms with Gasteiger partial charge < -0.3 is 14.3 Å². The standard InChI is InChI=1S/C13H10O5/c1-8(14)18-12-5-4-9(13(15)16)7-10(12)11-3-2-6-17-11/h2-7H,1H3,(H,15,16). The van der Waals surface area contributed by atoms with Crippen LogP contribution in [0.2, 0.25) is 0 Å². The number of furan rings is 1. The first kappa shape index (κ1) is 11.9. The summed E-state index contributed by atoms with van der Waals surface area (Å²) in [6.45, 7) is 1.27. The molecule has 0 atom stereocenters. The molecule has 0 bridgehead atoms. The van der Waals surface area contributed by atoms with Crippen molar-refractivity contribution >= 4 is 11.9 Å². The minimum atomic E-state index is -1.06. The summed E-state index contributed by atoms with van der Waals surface area (Å²) < 4.78 is 10.2. The fourth-order valence-electron chi connectivity index (χ4n) is 1.53. The van der Waals surface area contributed by atoms with E-state index in [0.29, 0.717) is 11.3 Å². The highest BCUT2D eigenvalue weighted by Gasteiger charge is 2.14. The molecule has 2 aromatic rings. The van der Waals surface area contributed by atoms with Crippen LogP contribution >= 0.6 is 0 Å². The predicted molar refractivity (Wildman–Crippen MR) is 62.4 cm³/mol. The lowest BCUT2D eigenvalue weighted by molar-refractivity contribution is -0.131. The Morgan fingerprint density at radius 3 is 2.61 bits per heavy atom. The van der Waals surface area contributed by atoms with Crippen molar-refractivity contribution in [1.29, 1.82) is 0 Å². The van der Waals surface area contributed by atoms with Gasteiger partial charge in [0.2, 0.25) is 0 Å². The van der Waals surface area contributed by atoms with E-state index >= 15 is 0 Å². The molecule has 1 aromatic heterocycles. The average molecular weight is 246 g/mol. The van der Waals surface area contributed by atoms with Crippen molar-refractivity contribution in [3.05, 3.63) is 42.2 Å². The number of benzene rings is 1. The molecule has 0 amide bonds. The molecule has 1 N–H and O–H groups in total. The molecular formula is C13H10O5. The molecule has 0 saturated heterocycles. The van der Waals surface area contributed by atoms with E-state index in [1.165, 1.54) is 31.4 Å². The molecule has 1 aromatic carbocycles. The van der Waals surface area contributed by atoms with Crippen LogP contribution in [0.4, 0.5) is 0 Å². The maximum Gasteiger partial charge on any atom is 0.335 e. The van der Waals surface area contributed by atoms with Gasteiger partial charge in [-0.25, -0.2) is 4.79 Å². The van der Waals surface area contributed by atoms with Gasteiger partial charge >= 0.3 is 11.9 Å². The van der Waals surface area contributed by atoms with E-state index in [2.05, 4.69) is 0 Å². The van der Waals surface area contributed by atoms with Crippen LogP contribution in [0.25, 0.3) is 11.3 Å². The fraction of sp³-hybridized carbons (Fsp3) is 0.0769. The van der Waals surface area contributed by atoms with Crippen molar-refractivity contribution in [2.75, 3.05) is 0 Å². The summed E-state index contributed by atoms with van der Waals surface area (Å²) in [5.41, 5.74) is 0.521. The molecule has 5 nitrogen and oxygen atoms in total. The number of carboxylic acids is 1. The second kappa shape index (κ2) is 4.75. The third kappa shape index (κ3) is 2.40. The van der Waals surface area contributed by atoms with Crippen LogP contribution in [0.1, 0.15) is 17.3 Å². The summed E-state index contributed by atoms with van der Waals surface area (Å²) >= 11 is 0. The van der Waals surface area contributed by atoms with Crippen LogP contribution in [0, 0.1) is 0 Å². The predicted octanol–water partition coefficient (Wildman–Crippen LogP) is 2.57. The third-order valence-electron chi connectivity index (χ3n) is 2.27. The minimum Gasteiger partial charge on any atom is -0.478 e. The number of esters is 1. The van der Waals surface area contributed by atoms with Crippen LogP contribution in [-0.2, 0) is 4.79 Å². The topological polar surface area (TPSA) is 76.7 Å². The SMILES string of the molecule is CC(=O)Oc1ccc(C(=O)O)cc1-c1ccco1. The van der Waals surface area contributed by atoms with Crippen molar-refractivity contribution in [2.24, 2.45) is 0 Å². The van der Waals surface area contributed by atoms with E-state index in [1.807, 2.05) is 0 Å². The first-order chi connectivity index (χ1) is 8.58. The normalized spacial score (nSPS) is 10.1. The molecule has 0 aliphatic rings. The second-order valence-electron chi connectivity index (χ2n) is 3.59. The zero-order valence-electron chi connectivity index (χ0n) is 9.54. The lowest BCUT2D eigenvalue weighted by atomic mass is 10.1. The van der Waals surface area contributed by atoms with Gasteiger partial charge in [0.25, 0.3) is 0 Å². The Morgan fingerprint density at radius 2 is 2.06 bits per heavy atom. The van der Waals surface area contributed by atoms with Crippen molar-refractivity contribution in [3.8, 4) is 17.1 Å². The lowest BCUT2D eigenvalue weighted by Crippen LogP contribution is -2.04. The van der Waals surface area contributed by atoms with E-state index in [9.17, 15) is 9.59 Å². The molecule has 0 fully saturated rings. The Labute approximate surface area is 103 Å². The third-order valence-corrected chi connectivity index (χ3v) is 2.27. The second-order valence-corrected chi connectivity index (χ2v) is 3.59. The highest BCUT2D eigenvalue weighted by atomic mass is 16.5. The zero-order chi connectivity index (χ0) is 13.1. The van der Waals surface area contributed by atoms with Gasteiger partial charge in [0.15, 0.2) is 0 Å². The maximum atomic E-state index is 11.0. The van der Waals surface area contributed by atoms with Gasteiger partial charge in [-0.15, -0.1) is 0 Å². The summed E-state index contributed by atoms with van der Waals surface area (Å²) in [4.78, 5) is 21.9. The van der Waals surface area contributed by atoms with Crippen LogP contribution in [0.3, 0.4) is 0 Å². The zero-order valence-corrected chi connectivity index (χ0v) is 9.54. The summed E-state index contributed by atoms with van der Waals surface area (Å²) in [5, 5.41) is 8.94. The number of ether oxygens (including phenoxy) is 1. The highest BCUT2D eigenvalue weighted by molar-refractivity contribution is 5.90. The molecule has 0 aliphatic heterocycles. The monoisotopic (exact) mass is 246 g/mol. The smallest absolute Gasteiger partial charge is 0.335 e. The van der Waals surface area contributed by atoms with Crippen LogP contribution in [0.15, 0.2) is 41.0 Å². The number of rotatable bonds is 3. The molecule has 5 heteroatoms. The molecule has 1 heterocycles. The van der Waals surface area contributed by atoms with E-state index < -0.39 is 11.9 Å². The van der Waals surface area contributed by atoms with Gasteiger partial charge in [-0.2, -0.15) is 0 Å².